The third kappa shape index (κ3) is 2.31. The first-order valence-corrected chi connectivity index (χ1v) is 7.19. The molecule has 0 fully saturated rings. The van der Waals surface area contributed by atoms with E-state index in [0.717, 1.165) is 5.56 Å². The number of hydrogen-bond donors (Lipinski definition) is 1. The van der Waals surface area contributed by atoms with Gasteiger partial charge in [0.15, 0.2) is 11.3 Å². The van der Waals surface area contributed by atoms with Gasteiger partial charge in [0.05, 0.1) is 16.6 Å². The SMILES string of the molecule is C#CCS(=O)c1cccc(-c2nc3nccnc3[nH]2)c1. The highest BCUT2D eigenvalue weighted by molar-refractivity contribution is 7.85. The normalized spacial score (nSPS) is 12.2. The van der Waals surface area contributed by atoms with E-state index in [0.29, 0.717) is 22.0 Å². The Morgan fingerprint density at radius 3 is 2.95 bits per heavy atom. The average molecular weight is 282 g/mol. The monoisotopic (exact) mass is 282 g/mol. The lowest BCUT2D eigenvalue weighted by Gasteiger charge is -2.01. The van der Waals surface area contributed by atoms with Crippen LogP contribution in [0.5, 0.6) is 0 Å². The molecule has 0 spiro atoms. The van der Waals surface area contributed by atoms with E-state index in [1.807, 2.05) is 18.2 Å². The van der Waals surface area contributed by atoms with Gasteiger partial charge in [-0.3, -0.25) is 4.21 Å². The first-order valence-electron chi connectivity index (χ1n) is 5.87. The summed E-state index contributed by atoms with van der Waals surface area (Å²) in [5, 5.41) is 0. The summed E-state index contributed by atoms with van der Waals surface area (Å²) < 4.78 is 11.9. The molecule has 0 aliphatic rings. The lowest BCUT2D eigenvalue weighted by Crippen LogP contribution is -1.95. The summed E-state index contributed by atoms with van der Waals surface area (Å²) in [7, 11) is -1.19. The van der Waals surface area contributed by atoms with E-state index in [9.17, 15) is 4.21 Å². The van der Waals surface area contributed by atoms with Gasteiger partial charge in [0.2, 0.25) is 0 Å². The van der Waals surface area contributed by atoms with Gasteiger partial charge in [-0.05, 0) is 12.1 Å². The Kier molecular flexibility index (Phi) is 3.27. The smallest absolute Gasteiger partial charge is 0.197 e. The number of fused-ring (bicyclic) bond motifs is 1. The van der Waals surface area contributed by atoms with E-state index in [4.69, 9.17) is 6.42 Å². The van der Waals surface area contributed by atoms with E-state index in [-0.39, 0.29) is 5.75 Å². The minimum atomic E-state index is -1.19. The highest BCUT2D eigenvalue weighted by Gasteiger charge is 2.09. The van der Waals surface area contributed by atoms with Gasteiger partial charge in [0.25, 0.3) is 0 Å². The van der Waals surface area contributed by atoms with Crippen LogP contribution >= 0.6 is 0 Å². The van der Waals surface area contributed by atoms with Gasteiger partial charge < -0.3 is 4.98 Å². The predicted octanol–water partition coefficient (Wildman–Crippen LogP) is 1.76. The number of nitrogens with zero attached hydrogens (tertiary/aromatic N) is 3. The molecule has 5 nitrogen and oxygen atoms in total. The Morgan fingerprint density at radius 2 is 2.15 bits per heavy atom. The molecule has 98 valence electrons. The number of rotatable bonds is 3. The van der Waals surface area contributed by atoms with Crippen LogP contribution in [0.4, 0.5) is 0 Å². The van der Waals surface area contributed by atoms with Crippen LogP contribution in [-0.2, 0) is 10.8 Å². The maximum absolute atomic E-state index is 11.9. The number of terminal acetylenes is 1. The van der Waals surface area contributed by atoms with Gasteiger partial charge in [0, 0.05) is 22.9 Å². The molecule has 3 aromatic rings. The van der Waals surface area contributed by atoms with Gasteiger partial charge in [0.1, 0.15) is 5.82 Å². The van der Waals surface area contributed by atoms with Crippen LogP contribution in [0, 0.1) is 12.3 Å². The summed E-state index contributed by atoms with van der Waals surface area (Å²) in [4.78, 5) is 16.4. The molecule has 0 amide bonds. The molecule has 1 unspecified atom stereocenters. The first-order chi connectivity index (χ1) is 9.78. The van der Waals surface area contributed by atoms with Crippen molar-refractivity contribution in [1.82, 2.24) is 19.9 Å². The molecular formula is C14H10N4OS. The molecule has 0 aliphatic carbocycles. The molecule has 1 atom stereocenters. The summed E-state index contributed by atoms with van der Waals surface area (Å²) >= 11 is 0. The Balaban J connectivity index is 2.04. The van der Waals surface area contributed by atoms with Gasteiger partial charge >= 0.3 is 0 Å². The molecule has 1 aromatic carbocycles. The standard InChI is InChI=1S/C14H10N4OS/c1-2-8-20(19)11-5-3-4-10(9-11)12-17-13-14(18-12)16-7-6-15-13/h1,3-7,9H,8H2,(H,15,16,17,18). The number of aromatic amines is 1. The van der Waals surface area contributed by atoms with Crippen molar-refractivity contribution >= 4 is 22.1 Å². The Bertz CT molecular complexity index is 801. The Hall–Kier alpha value is -2.52. The molecule has 2 aromatic heterocycles. The van der Waals surface area contributed by atoms with Crippen molar-refractivity contribution < 1.29 is 4.21 Å². The number of imidazole rings is 1. The van der Waals surface area contributed by atoms with E-state index in [1.54, 1.807) is 18.5 Å². The topological polar surface area (TPSA) is 71.5 Å². The van der Waals surface area contributed by atoms with Crippen molar-refractivity contribution in [2.75, 3.05) is 5.75 Å². The summed E-state index contributed by atoms with van der Waals surface area (Å²) in [5.41, 5.74) is 2.00. The van der Waals surface area contributed by atoms with Crippen LogP contribution in [0.15, 0.2) is 41.6 Å². The van der Waals surface area contributed by atoms with Crippen molar-refractivity contribution in [1.29, 1.82) is 0 Å². The number of hydrogen-bond acceptors (Lipinski definition) is 4. The molecule has 1 N–H and O–H groups in total. The summed E-state index contributed by atoms with van der Waals surface area (Å²) in [6, 6.07) is 7.31. The highest BCUT2D eigenvalue weighted by atomic mass is 32.2. The average Bonchev–Trinajstić information content (AvgIpc) is 2.91. The minimum Gasteiger partial charge on any atom is -0.321 e. The van der Waals surface area contributed by atoms with Gasteiger partial charge in [-0.2, -0.15) is 0 Å². The van der Waals surface area contributed by atoms with Crippen LogP contribution in [0.2, 0.25) is 0 Å². The van der Waals surface area contributed by atoms with Crippen molar-refractivity contribution in [3.63, 3.8) is 0 Å². The molecule has 3 rings (SSSR count). The fraction of sp³-hybridized carbons (Fsp3) is 0.0714. The third-order valence-corrected chi connectivity index (χ3v) is 3.93. The van der Waals surface area contributed by atoms with E-state index in [2.05, 4.69) is 25.9 Å². The molecule has 2 heterocycles. The maximum Gasteiger partial charge on any atom is 0.197 e. The number of nitrogens with one attached hydrogen (secondary N) is 1. The lowest BCUT2D eigenvalue weighted by molar-refractivity contribution is 0.685. The zero-order valence-corrected chi connectivity index (χ0v) is 11.2. The number of aromatic nitrogens is 4. The zero-order chi connectivity index (χ0) is 13.9. The predicted molar refractivity (Wildman–Crippen MR) is 77.2 cm³/mol. The van der Waals surface area contributed by atoms with Gasteiger partial charge in [-0.15, -0.1) is 6.42 Å². The first kappa shape index (κ1) is 12.5. The second kappa shape index (κ2) is 5.23. The molecule has 0 aliphatic heterocycles. The van der Waals surface area contributed by atoms with Crippen molar-refractivity contribution in [3.8, 4) is 23.7 Å². The van der Waals surface area contributed by atoms with E-state index in [1.165, 1.54) is 0 Å². The molecule has 0 saturated heterocycles. The quantitative estimate of drug-likeness (QED) is 0.743. The molecular weight excluding hydrogens is 272 g/mol. The van der Waals surface area contributed by atoms with Crippen molar-refractivity contribution in [3.05, 3.63) is 36.7 Å². The van der Waals surface area contributed by atoms with Gasteiger partial charge in [-0.25, -0.2) is 15.0 Å². The number of benzene rings is 1. The second-order valence-corrected chi connectivity index (χ2v) is 5.49. The molecule has 0 bridgehead atoms. The largest absolute Gasteiger partial charge is 0.321 e. The van der Waals surface area contributed by atoms with E-state index < -0.39 is 10.8 Å². The lowest BCUT2D eigenvalue weighted by atomic mass is 10.2. The minimum absolute atomic E-state index is 0.201. The van der Waals surface area contributed by atoms with E-state index >= 15 is 0 Å². The summed E-state index contributed by atoms with van der Waals surface area (Å²) in [6.07, 6.45) is 8.38. The summed E-state index contributed by atoms with van der Waals surface area (Å²) in [5.74, 6) is 3.25. The second-order valence-electron chi connectivity index (χ2n) is 4.04. The molecule has 0 radical (unpaired) electrons. The molecule has 6 heteroatoms. The van der Waals surface area contributed by atoms with Crippen LogP contribution in [0.3, 0.4) is 0 Å². The van der Waals surface area contributed by atoms with Crippen LogP contribution in [0.1, 0.15) is 0 Å². The molecule has 20 heavy (non-hydrogen) atoms. The van der Waals surface area contributed by atoms with Crippen molar-refractivity contribution in [2.45, 2.75) is 4.90 Å². The number of H-pyrrole nitrogens is 1. The Morgan fingerprint density at radius 1 is 1.30 bits per heavy atom. The fourth-order valence-corrected chi connectivity index (χ4v) is 2.63. The maximum atomic E-state index is 11.9. The van der Waals surface area contributed by atoms with Crippen LogP contribution in [-0.4, -0.2) is 29.9 Å². The van der Waals surface area contributed by atoms with Gasteiger partial charge in [-0.1, -0.05) is 18.1 Å². The highest BCUT2D eigenvalue weighted by Crippen LogP contribution is 2.20. The van der Waals surface area contributed by atoms with Crippen LogP contribution < -0.4 is 0 Å². The Labute approximate surface area is 118 Å². The zero-order valence-electron chi connectivity index (χ0n) is 10.4. The summed E-state index contributed by atoms with van der Waals surface area (Å²) in [6.45, 7) is 0. The third-order valence-electron chi connectivity index (χ3n) is 2.72. The van der Waals surface area contributed by atoms with Crippen LogP contribution in [0.25, 0.3) is 22.7 Å². The fourth-order valence-electron chi connectivity index (χ4n) is 1.83. The molecule has 0 saturated carbocycles. The van der Waals surface area contributed by atoms with Crippen molar-refractivity contribution in [2.24, 2.45) is 0 Å².